The van der Waals surface area contributed by atoms with Crippen molar-refractivity contribution in [1.29, 1.82) is 0 Å². The van der Waals surface area contributed by atoms with Gasteiger partial charge in [0.2, 0.25) is 5.91 Å². The number of hydrogen-bond acceptors (Lipinski definition) is 3. The second-order valence-electron chi connectivity index (χ2n) is 5.96. The molecule has 0 N–H and O–H groups in total. The maximum absolute atomic E-state index is 12.4. The fourth-order valence-corrected chi connectivity index (χ4v) is 3.67. The average molecular weight is 341 g/mol. The number of hydrogen-bond donors (Lipinski definition) is 0. The fraction of sp³-hybridized carbons (Fsp3) is 0.350. The third kappa shape index (κ3) is 5.11. The van der Waals surface area contributed by atoms with Crippen molar-refractivity contribution in [3.05, 3.63) is 66.2 Å². The summed E-state index contributed by atoms with van der Waals surface area (Å²) in [6.07, 6.45) is 2.09. The summed E-state index contributed by atoms with van der Waals surface area (Å²) < 4.78 is 5.84. The molecule has 1 fully saturated rings. The minimum atomic E-state index is 0.143. The predicted molar refractivity (Wildman–Crippen MR) is 98.2 cm³/mol. The normalized spacial score (nSPS) is 17.7. The maximum atomic E-state index is 12.4. The Labute approximate surface area is 148 Å². The van der Waals surface area contributed by atoms with Gasteiger partial charge in [-0.15, -0.1) is 11.8 Å². The average Bonchev–Trinajstić information content (AvgIpc) is 2.66. The summed E-state index contributed by atoms with van der Waals surface area (Å²) in [5.74, 6) is 0.701. The molecule has 1 amide bonds. The number of nitrogens with zero attached hydrogens (tertiary/aromatic N) is 1. The molecule has 1 aliphatic rings. The fourth-order valence-electron chi connectivity index (χ4n) is 2.85. The number of ether oxygens (including phenoxy) is 1. The van der Waals surface area contributed by atoms with E-state index in [1.54, 1.807) is 11.8 Å². The lowest BCUT2D eigenvalue weighted by molar-refractivity contribution is -0.136. The molecule has 1 heterocycles. The lowest BCUT2D eigenvalue weighted by atomic mass is 10.1. The smallest absolute Gasteiger partial charge is 0.233 e. The van der Waals surface area contributed by atoms with E-state index in [1.165, 1.54) is 5.56 Å². The molecule has 1 aliphatic heterocycles. The summed E-state index contributed by atoms with van der Waals surface area (Å²) in [4.78, 5) is 15.5. The van der Waals surface area contributed by atoms with Crippen LogP contribution in [-0.2, 0) is 16.0 Å². The van der Waals surface area contributed by atoms with E-state index in [1.807, 2.05) is 41.3 Å². The number of carbonyl (C=O) groups excluding carboxylic acids is 1. The Morgan fingerprint density at radius 2 is 1.79 bits per heavy atom. The summed E-state index contributed by atoms with van der Waals surface area (Å²) >= 11 is 1.60. The van der Waals surface area contributed by atoms with Crippen molar-refractivity contribution in [2.24, 2.45) is 0 Å². The minimum absolute atomic E-state index is 0.143. The number of benzene rings is 2. The number of thioether (sulfide) groups is 1. The molecule has 1 atom stereocenters. The van der Waals surface area contributed by atoms with Gasteiger partial charge >= 0.3 is 0 Å². The molecule has 2 aromatic rings. The Morgan fingerprint density at radius 1 is 1.08 bits per heavy atom. The molecule has 24 heavy (non-hydrogen) atoms. The first-order chi connectivity index (χ1) is 11.8. The van der Waals surface area contributed by atoms with Gasteiger partial charge in [0.25, 0.3) is 0 Å². The van der Waals surface area contributed by atoms with Crippen LogP contribution in [0.3, 0.4) is 0 Å². The summed E-state index contributed by atoms with van der Waals surface area (Å²) in [7, 11) is 0. The third-order valence-corrected chi connectivity index (χ3v) is 5.19. The molecular formula is C20H23NO2S. The van der Waals surface area contributed by atoms with Crippen molar-refractivity contribution in [2.45, 2.75) is 23.8 Å². The number of morpholine rings is 1. The molecule has 0 aliphatic carbocycles. The highest BCUT2D eigenvalue weighted by Crippen LogP contribution is 2.19. The van der Waals surface area contributed by atoms with Crippen LogP contribution in [0.4, 0.5) is 0 Å². The Balaban J connectivity index is 1.45. The van der Waals surface area contributed by atoms with Gasteiger partial charge in [-0.3, -0.25) is 4.79 Å². The maximum Gasteiger partial charge on any atom is 0.233 e. The molecule has 4 heteroatoms. The summed E-state index contributed by atoms with van der Waals surface area (Å²) in [6.45, 7) is 2.05. The molecule has 0 saturated carbocycles. The molecule has 0 aromatic heterocycles. The van der Waals surface area contributed by atoms with Gasteiger partial charge in [0.15, 0.2) is 0 Å². The van der Waals surface area contributed by atoms with Crippen LogP contribution in [0.15, 0.2) is 65.6 Å². The molecule has 0 bridgehead atoms. The van der Waals surface area contributed by atoms with Crippen LogP contribution in [0.2, 0.25) is 0 Å². The van der Waals surface area contributed by atoms with Crippen molar-refractivity contribution in [3.8, 4) is 0 Å². The van der Waals surface area contributed by atoms with Crippen LogP contribution in [0.25, 0.3) is 0 Å². The molecule has 1 unspecified atom stereocenters. The lowest BCUT2D eigenvalue weighted by Crippen LogP contribution is -2.46. The number of rotatable bonds is 6. The Morgan fingerprint density at radius 3 is 2.54 bits per heavy atom. The van der Waals surface area contributed by atoms with Gasteiger partial charge < -0.3 is 9.64 Å². The summed E-state index contributed by atoms with van der Waals surface area (Å²) in [5.41, 5.74) is 1.32. The van der Waals surface area contributed by atoms with Crippen molar-refractivity contribution >= 4 is 17.7 Å². The van der Waals surface area contributed by atoms with E-state index in [9.17, 15) is 4.79 Å². The first-order valence-corrected chi connectivity index (χ1v) is 9.41. The van der Waals surface area contributed by atoms with E-state index in [4.69, 9.17) is 4.74 Å². The minimum Gasteiger partial charge on any atom is -0.375 e. The molecule has 3 rings (SSSR count). The molecule has 2 aromatic carbocycles. The van der Waals surface area contributed by atoms with E-state index in [0.717, 1.165) is 17.7 Å². The van der Waals surface area contributed by atoms with Crippen molar-refractivity contribution in [3.63, 3.8) is 0 Å². The third-order valence-electron chi connectivity index (χ3n) is 4.19. The van der Waals surface area contributed by atoms with Crippen LogP contribution in [-0.4, -0.2) is 42.4 Å². The first-order valence-electron chi connectivity index (χ1n) is 8.42. The van der Waals surface area contributed by atoms with Crippen LogP contribution in [0.5, 0.6) is 0 Å². The number of aryl methyl sites for hydroxylation is 1. The van der Waals surface area contributed by atoms with E-state index < -0.39 is 0 Å². The summed E-state index contributed by atoms with van der Waals surface area (Å²) in [5, 5.41) is 0. The lowest BCUT2D eigenvalue weighted by Gasteiger charge is -2.33. The highest BCUT2D eigenvalue weighted by atomic mass is 32.2. The van der Waals surface area contributed by atoms with Gasteiger partial charge in [0.05, 0.1) is 18.5 Å². The topological polar surface area (TPSA) is 29.5 Å². The van der Waals surface area contributed by atoms with Gasteiger partial charge in [-0.2, -0.15) is 0 Å². The van der Waals surface area contributed by atoms with E-state index >= 15 is 0 Å². The van der Waals surface area contributed by atoms with Crippen LogP contribution in [0, 0.1) is 0 Å². The first kappa shape index (κ1) is 17.1. The zero-order valence-corrected chi connectivity index (χ0v) is 14.6. The van der Waals surface area contributed by atoms with Crippen LogP contribution in [0.1, 0.15) is 12.0 Å². The second-order valence-corrected chi connectivity index (χ2v) is 7.01. The molecule has 126 valence electrons. The number of amides is 1. The monoisotopic (exact) mass is 341 g/mol. The van der Waals surface area contributed by atoms with Gasteiger partial charge in [0, 0.05) is 18.0 Å². The Kier molecular flexibility index (Phi) is 6.33. The Hall–Kier alpha value is -1.78. The molecule has 0 spiro atoms. The van der Waals surface area contributed by atoms with Crippen molar-refractivity contribution < 1.29 is 9.53 Å². The van der Waals surface area contributed by atoms with Crippen LogP contribution >= 0.6 is 11.8 Å². The number of carbonyl (C=O) groups is 1. The van der Waals surface area contributed by atoms with Gasteiger partial charge in [-0.05, 0) is 30.5 Å². The van der Waals surface area contributed by atoms with Gasteiger partial charge in [-0.25, -0.2) is 0 Å². The van der Waals surface area contributed by atoms with Gasteiger partial charge in [-0.1, -0.05) is 48.5 Å². The van der Waals surface area contributed by atoms with Crippen molar-refractivity contribution in [1.82, 2.24) is 4.90 Å². The molecule has 1 saturated heterocycles. The van der Waals surface area contributed by atoms with E-state index in [2.05, 4.69) is 24.3 Å². The largest absolute Gasteiger partial charge is 0.375 e. The zero-order valence-electron chi connectivity index (χ0n) is 13.8. The molecule has 0 radical (unpaired) electrons. The van der Waals surface area contributed by atoms with Gasteiger partial charge in [0.1, 0.15) is 0 Å². The second kappa shape index (κ2) is 8.90. The quantitative estimate of drug-likeness (QED) is 0.751. The molecule has 3 nitrogen and oxygen atoms in total. The van der Waals surface area contributed by atoms with Crippen LogP contribution < -0.4 is 0 Å². The standard InChI is InChI=1S/C20H23NO2S/c22-20(16-24-19-9-5-2-6-10-19)21-13-14-23-18(15-21)12-11-17-7-3-1-4-8-17/h1-10,18H,11-16H2. The highest BCUT2D eigenvalue weighted by Gasteiger charge is 2.23. The van der Waals surface area contributed by atoms with Crippen molar-refractivity contribution in [2.75, 3.05) is 25.4 Å². The molecular weight excluding hydrogens is 318 g/mol. The Bertz CT molecular complexity index is 633. The zero-order chi connectivity index (χ0) is 16.6. The van der Waals surface area contributed by atoms with E-state index in [-0.39, 0.29) is 12.0 Å². The summed E-state index contributed by atoms with van der Waals surface area (Å²) in [6, 6.07) is 20.5. The van der Waals surface area contributed by atoms with E-state index in [0.29, 0.717) is 25.4 Å². The SMILES string of the molecule is O=C(CSc1ccccc1)N1CCOC(CCc2ccccc2)C1. The predicted octanol–water partition coefficient (Wildman–Crippen LogP) is 3.64. The highest BCUT2D eigenvalue weighted by molar-refractivity contribution is 8.00.